The Labute approximate surface area is 93.6 Å². The van der Waals surface area contributed by atoms with Crippen LogP contribution in [0.4, 0.5) is 0 Å². The lowest BCUT2D eigenvalue weighted by Crippen LogP contribution is -2.22. The highest BCUT2D eigenvalue weighted by Gasteiger charge is 2.05. The van der Waals surface area contributed by atoms with Crippen LogP contribution in [-0.2, 0) is 6.42 Å². The third-order valence-corrected chi connectivity index (χ3v) is 2.30. The molecule has 16 heavy (non-hydrogen) atoms. The van der Waals surface area contributed by atoms with Gasteiger partial charge >= 0.3 is 0 Å². The molecule has 0 spiro atoms. The first-order chi connectivity index (χ1) is 7.86. The molecule has 6 nitrogen and oxygen atoms in total. The van der Waals surface area contributed by atoms with Gasteiger partial charge in [0.05, 0.1) is 5.69 Å². The number of hydrogen-bond donors (Lipinski definition) is 2. The van der Waals surface area contributed by atoms with E-state index in [1.165, 1.54) is 6.33 Å². The van der Waals surface area contributed by atoms with E-state index in [1.54, 1.807) is 18.6 Å². The Bertz CT molecular complexity index is 399. The average molecular weight is 218 g/mol. The summed E-state index contributed by atoms with van der Waals surface area (Å²) >= 11 is 0. The van der Waals surface area contributed by atoms with Crippen molar-refractivity contribution >= 4 is 0 Å². The minimum absolute atomic E-state index is 0.191. The molecule has 2 aromatic heterocycles. The topological polar surface area (TPSA) is 79.4 Å². The van der Waals surface area contributed by atoms with E-state index in [2.05, 4.69) is 37.4 Å². The van der Waals surface area contributed by atoms with Gasteiger partial charge in [0.25, 0.3) is 0 Å². The fraction of sp³-hybridized carbons (Fsp3) is 0.400. The first kappa shape index (κ1) is 10.7. The molecule has 0 aliphatic heterocycles. The van der Waals surface area contributed by atoms with Crippen molar-refractivity contribution in [3.8, 4) is 0 Å². The molecule has 0 radical (unpaired) electrons. The van der Waals surface area contributed by atoms with Gasteiger partial charge in [-0.3, -0.25) is 15.1 Å². The SMILES string of the molecule is CC(NCCc1ncn[nH]1)c1cnccn1. The number of hydrogen-bond acceptors (Lipinski definition) is 5. The second kappa shape index (κ2) is 5.32. The molecule has 0 amide bonds. The zero-order valence-corrected chi connectivity index (χ0v) is 9.09. The number of H-pyrrole nitrogens is 1. The van der Waals surface area contributed by atoms with Gasteiger partial charge in [0.1, 0.15) is 12.2 Å². The lowest BCUT2D eigenvalue weighted by Gasteiger charge is -2.11. The summed E-state index contributed by atoms with van der Waals surface area (Å²) in [5.74, 6) is 0.888. The zero-order chi connectivity index (χ0) is 11.2. The lowest BCUT2D eigenvalue weighted by molar-refractivity contribution is 0.556. The fourth-order valence-electron chi connectivity index (χ4n) is 1.40. The van der Waals surface area contributed by atoms with Crippen molar-refractivity contribution in [2.45, 2.75) is 19.4 Å². The predicted molar refractivity (Wildman–Crippen MR) is 58.5 cm³/mol. The smallest absolute Gasteiger partial charge is 0.137 e. The number of nitrogens with zero attached hydrogens (tertiary/aromatic N) is 4. The summed E-state index contributed by atoms with van der Waals surface area (Å²) in [7, 11) is 0. The quantitative estimate of drug-likeness (QED) is 0.763. The van der Waals surface area contributed by atoms with E-state index in [0.29, 0.717) is 0 Å². The highest BCUT2D eigenvalue weighted by Crippen LogP contribution is 2.05. The molecule has 0 aliphatic rings. The summed E-state index contributed by atoms with van der Waals surface area (Å²) in [6, 6.07) is 0.191. The number of nitrogens with one attached hydrogen (secondary N) is 2. The molecule has 84 valence electrons. The number of aromatic nitrogens is 5. The van der Waals surface area contributed by atoms with E-state index in [0.717, 1.165) is 24.5 Å². The van der Waals surface area contributed by atoms with Crippen LogP contribution in [0.2, 0.25) is 0 Å². The summed E-state index contributed by atoms with van der Waals surface area (Å²) < 4.78 is 0. The van der Waals surface area contributed by atoms with Crippen LogP contribution >= 0.6 is 0 Å². The van der Waals surface area contributed by atoms with Gasteiger partial charge in [0.15, 0.2) is 0 Å². The molecule has 0 aromatic carbocycles. The van der Waals surface area contributed by atoms with Crippen molar-refractivity contribution in [3.05, 3.63) is 36.4 Å². The maximum Gasteiger partial charge on any atom is 0.137 e. The Balaban J connectivity index is 1.78. The summed E-state index contributed by atoms with van der Waals surface area (Å²) in [4.78, 5) is 12.3. The van der Waals surface area contributed by atoms with Crippen molar-refractivity contribution in [1.82, 2.24) is 30.5 Å². The van der Waals surface area contributed by atoms with Gasteiger partial charge in [0.2, 0.25) is 0 Å². The second-order valence-electron chi connectivity index (χ2n) is 3.49. The highest BCUT2D eigenvalue weighted by atomic mass is 15.2. The minimum atomic E-state index is 0.191. The summed E-state index contributed by atoms with van der Waals surface area (Å²) in [6.45, 7) is 2.89. The minimum Gasteiger partial charge on any atom is -0.308 e. The van der Waals surface area contributed by atoms with Gasteiger partial charge in [-0.15, -0.1) is 0 Å². The molecule has 0 aliphatic carbocycles. The molecule has 0 saturated carbocycles. The summed E-state index contributed by atoms with van der Waals surface area (Å²) in [5.41, 5.74) is 0.945. The van der Waals surface area contributed by atoms with Crippen LogP contribution in [0.1, 0.15) is 24.5 Å². The number of aromatic amines is 1. The Morgan fingerprint density at radius 2 is 2.31 bits per heavy atom. The normalized spacial score (nSPS) is 12.6. The van der Waals surface area contributed by atoms with Crippen LogP contribution in [0.5, 0.6) is 0 Å². The van der Waals surface area contributed by atoms with Crippen molar-refractivity contribution in [3.63, 3.8) is 0 Å². The lowest BCUT2D eigenvalue weighted by atomic mass is 10.2. The average Bonchev–Trinajstić information content (AvgIpc) is 2.83. The molecule has 1 atom stereocenters. The first-order valence-corrected chi connectivity index (χ1v) is 5.20. The molecule has 1 unspecified atom stereocenters. The van der Waals surface area contributed by atoms with Crippen LogP contribution in [0.3, 0.4) is 0 Å². The molecule has 0 bridgehead atoms. The Morgan fingerprint density at radius 1 is 1.38 bits per heavy atom. The van der Waals surface area contributed by atoms with E-state index in [9.17, 15) is 0 Å². The van der Waals surface area contributed by atoms with E-state index in [-0.39, 0.29) is 6.04 Å². The Kier molecular flexibility index (Phi) is 3.55. The zero-order valence-electron chi connectivity index (χ0n) is 9.09. The molecule has 0 fully saturated rings. The van der Waals surface area contributed by atoms with E-state index >= 15 is 0 Å². The van der Waals surface area contributed by atoms with Crippen molar-refractivity contribution < 1.29 is 0 Å². The van der Waals surface area contributed by atoms with Gasteiger partial charge in [-0.05, 0) is 6.92 Å². The predicted octanol–water partition coefficient (Wildman–Crippen LogP) is 0.488. The fourth-order valence-corrected chi connectivity index (χ4v) is 1.40. The maximum atomic E-state index is 4.23. The molecule has 2 N–H and O–H groups in total. The van der Waals surface area contributed by atoms with E-state index in [1.807, 2.05) is 0 Å². The molecule has 2 aromatic rings. The Hall–Kier alpha value is -1.82. The van der Waals surface area contributed by atoms with Crippen LogP contribution < -0.4 is 5.32 Å². The van der Waals surface area contributed by atoms with Gasteiger partial charge in [0, 0.05) is 37.6 Å². The van der Waals surface area contributed by atoms with Gasteiger partial charge in [-0.2, -0.15) is 5.10 Å². The molecule has 6 heteroatoms. The maximum absolute atomic E-state index is 4.23. The van der Waals surface area contributed by atoms with Crippen molar-refractivity contribution in [2.24, 2.45) is 0 Å². The largest absolute Gasteiger partial charge is 0.308 e. The second-order valence-corrected chi connectivity index (χ2v) is 3.49. The molecule has 2 rings (SSSR count). The Morgan fingerprint density at radius 3 is 3.00 bits per heavy atom. The van der Waals surface area contributed by atoms with Crippen molar-refractivity contribution in [1.29, 1.82) is 0 Å². The van der Waals surface area contributed by atoms with E-state index < -0.39 is 0 Å². The van der Waals surface area contributed by atoms with Crippen molar-refractivity contribution in [2.75, 3.05) is 6.54 Å². The monoisotopic (exact) mass is 218 g/mol. The number of rotatable bonds is 5. The molecule has 0 saturated heterocycles. The molecular formula is C10H14N6. The summed E-state index contributed by atoms with van der Waals surface area (Å²) in [6.07, 6.45) is 7.48. The van der Waals surface area contributed by atoms with Gasteiger partial charge in [-0.1, -0.05) is 0 Å². The van der Waals surface area contributed by atoms with Crippen LogP contribution in [0.15, 0.2) is 24.9 Å². The molecular weight excluding hydrogens is 204 g/mol. The van der Waals surface area contributed by atoms with Crippen LogP contribution in [-0.4, -0.2) is 31.7 Å². The first-order valence-electron chi connectivity index (χ1n) is 5.20. The van der Waals surface area contributed by atoms with Crippen LogP contribution in [0, 0.1) is 0 Å². The third-order valence-electron chi connectivity index (χ3n) is 2.30. The highest BCUT2D eigenvalue weighted by molar-refractivity contribution is 5.00. The van der Waals surface area contributed by atoms with Gasteiger partial charge < -0.3 is 5.32 Å². The van der Waals surface area contributed by atoms with Crippen LogP contribution in [0.25, 0.3) is 0 Å². The van der Waals surface area contributed by atoms with Gasteiger partial charge in [-0.25, -0.2) is 4.98 Å². The summed E-state index contributed by atoms with van der Waals surface area (Å²) in [5, 5.41) is 9.96. The molecule has 2 heterocycles. The third kappa shape index (κ3) is 2.83. The standard InChI is InChI=1S/C10H14N6/c1-8(9-6-11-4-5-13-9)12-3-2-10-14-7-15-16-10/h4-8,12H,2-3H2,1H3,(H,14,15,16). The van der Waals surface area contributed by atoms with E-state index in [4.69, 9.17) is 0 Å².